The molecular formula is C20H26N2O3S2. The summed E-state index contributed by atoms with van der Waals surface area (Å²) in [6.07, 6.45) is 0. The van der Waals surface area contributed by atoms with Crippen molar-refractivity contribution in [3.05, 3.63) is 65.7 Å². The summed E-state index contributed by atoms with van der Waals surface area (Å²) in [5.41, 5.74) is 1.60. The summed E-state index contributed by atoms with van der Waals surface area (Å²) in [6, 6.07) is 16.2. The van der Waals surface area contributed by atoms with Gasteiger partial charge in [0.2, 0.25) is 10.0 Å². The van der Waals surface area contributed by atoms with Gasteiger partial charge in [-0.2, -0.15) is 16.1 Å². The Morgan fingerprint density at radius 1 is 1.11 bits per heavy atom. The number of nitrogens with one attached hydrogen (secondary N) is 1. The van der Waals surface area contributed by atoms with Crippen LogP contribution in [0.2, 0.25) is 0 Å². The van der Waals surface area contributed by atoms with E-state index in [-0.39, 0.29) is 16.8 Å². The molecule has 0 radical (unpaired) electrons. The molecule has 2 aromatic rings. The number of hydrogen-bond acceptors (Lipinski definition) is 4. The van der Waals surface area contributed by atoms with Crippen molar-refractivity contribution in [2.45, 2.75) is 30.5 Å². The molecule has 0 aliphatic carbocycles. The summed E-state index contributed by atoms with van der Waals surface area (Å²) < 4.78 is 26.4. The zero-order valence-corrected chi connectivity index (χ0v) is 17.5. The number of amides is 1. The van der Waals surface area contributed by atoms with Gasteiger partial charge in [-0.1, -0.05) is 36.4 Å². The number of carbonyl (C=O) groups is 1. The number of thioether (sulfide) groups is 1. The Hall–Kier alpha value is -1.83. The van der Waals surface area contributed by atoms with Crippen LogP contribution in [-0.2, 0) is 15.8 Å². The van der Waals surface area contributed by atoms with Crippen molar-refractivity contribution in [2.75, 3.05) is 19.3 Å². The minimum absolute atomic E-state index is 0.129. The molecule has 0 atom stereocenters. The number of nitrogens with zero attached hydrogens (tertiary/aromatic N) is 1. The molecule has 0 saturated carbocycles. The van der Waals surface area contributed by atoms with E-state index >= 15 is 0 Å². The topological polar surface area (TPSA) is 66.5 Å². The summed E-state index contributed by atoms with van der Waals surface area (Å²) >= 11 is 1.74. The highest BCUT2D eigenvalue weighted by atomic mass is 32.2. The van der Waals surface area contributed by atoms with Crippen molar-refractivity contribution in [3.8, 4) is 0 Å². The number of benzene rings is 2. The summed E-state index contributed by atoms with van der Waals surface area (Å²) in [5.74, 6) is 1.42. The molecule has 0 aliphatic heterocycles. The molecule has 1 N–H and O–H groups in total. The van der Waals surface area contributed by atoms with Gasteiger partial charge in [0.15, 0.2) is 0 Å². The molecule has 0 unspecified atom stereocenters. The third-order valence-electron chi connectivity index (χ3n) is 4.14. The summed E-state index contributed by atoms with van der Waals surface area (Å²) in [4.78, 5) is 12.5. The first-order valence-electron chi connectivity index (χ1n) is 8.80. The van der Waals surface area contributed by atoms with Crippen LogP contribution >= 0.6 is 11.8 Å². The second-order valence-corrected chi connectivity index (χ2v) is 9.54. The smallest absolute Gasteiger partial charge is 0.251 e. The second kappa shape index (κ2) is 9.92. The van der Waals surface area contributed by atoms with Crippen LogP contribution in [0.15, 0.2) is 59.5 Å². The van der Waals surface area contributed by atoms with Gasteiger partial charge < -0.3 is 5.32 Å². The highest BCUT2D eigenvalue weighted by Crippen LogP contribution is 2.18. The van der Waals surface area contributed by atoms with Crippen LogP contribution in [0.25, 0.3) is 0 Å². The second-order valence-electron chi connectivity index (χ2n) is 6.44. The Morgan fingerprint density at radius 3 is 2.48 bits per heavy atom. The van der Waals surface area contributed by atoms with Crippen LogP contribution in [0.4, 0.5) is 0 Å². The van der Waals surface area contributed by atoms with Crippen molar-refractivity contribution in [2.24, 2.45) is 0 Å². The van der Waals surface area contributed by atoms with Crippen molar-refractivity contribution in [1.82, 2.24) is 9.62 Å². The predicted molar refractivity (Wildman–Crippen MR) is 111 cm³/mol. The number of carbonyl (C=O) groups excluding carboxylic acids is 1. The van der Waals surface area contributed by atoms with Crippen LogP contribution < -0.4 is 5.32 Å². The molecule has 0 heterocycles. The quantitative estimate of drug-likeness (QED) is 0.649. The lowest BCUT2D eigenvalue weighted by molar-refractivity contribution is 0.0956. The van der Waals surface area contributed by atoms with Crippen molar-refractivity contribution < 1.29 is 13.2 Å². The molecule has 27 heavy (non-hydrogen) atoms. The molecule has 146 valence electrons. The first kappa shape index (κ1) is 21.5. The molecule has 5 nitrogen and oxygen atoms in total. The minimum Gasteiger partial charge on any atom is -0.351 e. The average molecular weight is 407 g/mol. The summed E-state index contributed by atoms with van der Waals surface area (Å²) in [5, 5.41) is 2.85. The Bertz CT molecular complexity index is 853. The average Bonchev–Trinajstić information content (AvgIpc) is 2.67. The maximum atomic E-state index is 12.6. The molecule has 0 aromatic heterocycles. The van der Waals surface area contributed by atoms with Gasteiger partial charge in [0.25, 0.3) is 5.91 Å². The first-order chi connectivity index (χ1) is 12.8. The Balaban J connectivity index is 1.89. The van der Waals surface area contributed by atoms with Crippen molar-refractivity contribution in [3.63, 3.8) is 0 Å². The maximum absolute atomic E-state index is 12.6. The third kappa shape index (κ3) is 6.09. The van der Waals surface area contributed by atoms with Crippen LogP contribution in [0.3, 0.4) is 0 Å². The minimum atomic E-state index is -3.60. The molecule has 7 heteroatoms. The SMILES string of the molecule is CC(C)N(C)S(=O)(=O)c1cccc(C(=O)NCCSCc2ccccc2)c1. The summed E-state index contributed by atoms with van der Waals surface area (Å²) in [7, 11) is -2.07. The Kier molecular flexibility index (Phi) is 7.89. The fourth-order valence-corrected chi connectivity index (χ4v) is 4.58. The van der Waals surface area contributed by atoms with Gasteiger partial charge in [-0.05, 0) is 37.6 Å². The van der Waals surface area contributed by atoms with E-state index in [2.05, 4.69) is 17.4 Å². The molecule has 0 spiro atoms. The molecule has 2 aromatic carbocycles. The molecule has 2 rings (SSSR count). The van der Waals surface area contributed by atoms with Crippen LogP contribution in [0, 0.1) is 0 Å². The van der Waals surface area contributed by atoms with Crippen LogP contribution in [0.1, 0.15) is 29.8 Å². The lowest BCUT2D eigenvalue weighted by Gasteiger charge is -2.21. The van der Waals surface area contributed by atoms with E-state index in [1.807, 2.05) is 18.2 Å². The van der Waals surface area contributed by atoms with Gasteiger partial charge in [0.05, 0.1) is 4.90 Å². The van der Waals surface area contributed by atoms with Gasteiger partial charge in [0, 0.05) is 36.7 Å². The van der Waals surface area contributed by atoms with Crippen molar-refractivity contribution >= 4 is 27.7 Å². The lowest BCUT2D eigenvalue weighted by Crippen LogP contribution is -2.33. The predicted octanol–water partition coefficient (Wildman–Crippen LogP) is 3.38. The molecule has 0 bridgehead atoms. The van der Waals surface area contributed by atoms with E-state index in [0.29, 0.717) is 12.1 Å². The van der Waals surface area contributed by atoms with Crippen LogP contribution in [-0.4, -0.2) is 44.0 Å². The Labute approximate surface area is 166 Å². The van der Waals surface area contributed by atoms with Gasteiger partial charge in [-0.3, -0.25) is 4.79 Å². The Morgan fingerprint density at radius 2 is 1.81 bits per heavy atom. The van der Waals surface area contributed by atoms with E-state index in [0.717, 1.165) is 11.5 Å². The van der Waals surface area contributed by atoms with Gasteiger partial charge >= 0.3 is 0 Å². The number of hydrogen-bond donors (Lipinski definition) is 1. The highest BCUT2D eigenvalue weighted by Gasteiger charge is 2.23. The zero-order valence-electron chi connectivity index (χ0n) is 15.9. The zero-order chi connectivity index (χ0) is 19.9. The van der Waals surface area contributed by atoms with E-state index in [4.69, 9.17) is 0 Å². The highest BCUT2D eigenvalue weighted by molar-refractivity contribution is 7.98. The largest absolute Gasteiger partial charge is 0.351 e. The number of sulfonamides is 1. The van der Waals surface area contributed by atoms with E-state index < -0.39 is 10.0 Å². The first-order valence-corrected chi connectivity index (χ1v) is 11.4. The van der Waals surface area contributed by atoms with E-state index in [1.54, 1.807) is 37.7 Å². The van der Waals surface area contributed by atoms with E-state index in [9.17, 15) is 13.2 Å². The standard InChI is InChI=1S/C20H26N2O3S2/c1-16(2)22(3)27(24,25)19-11-7-10-18(14-19)20(23)21-12-13-26-15-17-8-5-4-6-9-17/h4-11,14,16H,12-13,15H2,1-3H3,(H,21,23). The van der Waals surface area contributed by atoms with Gasteiger partial charge in [-0.25, -0.2) is 8.42 Å². The molecule has 0 saturated heterocycles. The van der Waals surface area contributed by atoms with Crippen LogP contribution in [0.5, 0.6) is 0 Å². The normalized spacial score (nSPS) is 11.7. The number of rotatable bonds is 9. The molecule has 0 aliphatic rings. The monoisotopic (exact) mass is 406 g/mol. The molecule has 1 amide bonds. The van der Waals surface area contributed by atoms with Gasteiger partial charge in [0.1, 0.15) is 0 Å². The fraction of sp³-hybridized carbons (Fsp3) is 0.350. The summed E-state index contributed by atoms with van der Waals surface area (Å²) in [6.45, 7) is 4.14. The maximum Gasteiger partial charge on any atom is 0.251 e. The lowest BCUT2D eigenvalue weighted by atomic mass is 10.2. The van der Waals surface area contributed by atoms with Gasteiger partial charge in [-0.15, -0.1) is 0 Å². The fourth-order valence-electron chi connectivity index (χ4n) is 2.34. The van der Waals surface area contributed by atoms with Crippen molar-refractivity contribution in [1.29, 1.82) is 0 Å². The molecular weight excluding hydrogens is 380 g/mol. The van der Waals surface area contributed by atoms with E-state index in [1.165, 1.54) is 29.0 Å². The molecule has 0 fully saturated rings. The third-order valence-corrected chi connectivity index (χ3v) is 7.20.